The Morgan fingerprint density at radius 1 is 1.64 bits per heavy atom. The highest BCUT2D eigenvalue weighted by molar-refractivity contribution is 5.93. The van der Waals surface area contributed by atoms with Gasteiger partial charge in [0.05, 0.1) is 6.54 Å². The number of carbonyl (C=O) groups is 1. The lowest BCUT2D eigenvalue weighted by molar-refractivity contribution is 0.100. The van der Waals surface area contributed by atoms with Crippen LogP contribution in [0, 0.1) is 19.3 Å². The van der Waals surface area contributed by atoms with Crippen molar-refractivity contribution < 1.29 is 4.79 Å². The second-order valence-electron chi connectivity index (χ2n) is 2.95. The van der Waals surface area contributed by atoms with E-state index in [9.17, 15) is 4.79 Å². The molecule has 0 bridgehead atoms. The van der Waals surface area contributed by atoms with Crippen molar-refractivity contribution in [1.29, 1.82) is 0 Å². The van der Waals surface area contributed by atoms with E-state index in [-0.39, 0.29) is 0 Å². The average molecular weight is 188 g/mol. The third-order valence-corrected chi connectivity index (χ3v) is 1.89. The van der Waals surface area contributed by atoms with E-state index in [0.29, 0.717) is 12.1 Å². The molecular weight excluding hydrogens is 176 g/mol. The smallest absolute Gasteiger partial charge is 0.248 e. The van der Waals surface area contributed by atoms with Crippen LogP contribution in [0.3, 0.4) is 0 Å². The molecule has 0 aliphatic heterocycles. The molecule has 14 heavy (non-hydrogen) atoms. The van der Waals surface area contributed by atoms with Gasteiger partial charge >= 0.3 is 0 Å². The number of hydrogen-bond donors (Lipinski definition) is 2. The van der Waals surface area contributed by atoms with Gasteiger partial charge in [-0.1, -0.05) is 5.92 Å². The van der Waals surface area contributed by atoms with Crippen LogP contribution in [0.4, 0.5) is 5.69 Å². The van der Waals surface area contributed by atoms with Crippen LogP contribution >= 0.6 is 0 Å². The lowest BCUT2D eigenvalue weighted by atomic mass is 10.1. The van der Waals surface area contributed by atoms with Crippen molar-refractivity contribution in [1.82, 2.24) is 0 Å². The van der Waals surface area contributed by atoms with Crippen molar-refractivity contribution in [3.63, 3.8) is 0 Å². The summed E-state index contributed by atoms with van der Waals surface area (Å²) in [5, 5.41) is 3.04. The Morgan fingerprint density at radius 3 is 2.86 bits per heavy atom. The van der Waals surface area contributed by atoms with Crippen LogP contribution in [-0.4, -0.2) is 12.5 Å². The highest BCUT2D eigenvalue weighted by Gasteiger charge is 2.02. The second-order valence-corrected chi connectivity index (χ2v) is 2.95. The molecule has 3 N–H and O–H groups in total. The fraction of sp³-hybridized carbons (Fsp3) is 0.182. The Labute approximate surface area is 83.3 Å². The Bertz CT molecular complexity index is 391. The Morgan fingerprint density at radius 2 is 2.36 bits per heavy atom. The molecular formula is C11H12N2O. The molecule has 0 fully saturated rings. The molecule has 0 saturated carbocycles. The maximum absolute atomic E-state index is 10.8. The van der Waals surface area contributed by atoms with Crippen LogP contribution in [-0.2, 0) is 0 Å². The summed E-state index contributed by atoms with van der Waals surface area (Å²) in [5.41, 5.74) is 7.53. The minimum Gasteiger partial charge on any atom is -0.374 e. The van der Waals surface area contributed by atoms with Crippen molar-refractivity contribution in [2.75, 3.05) is 11.9 Å². The van der Waals surface area contributed by atoms with Gasteiger partial charge in [-0.15, -0.1) is 6.42 Å². The molecule has 1 rings (SSSR count). The summed E-state index contributed by atoms with van der Waals surface area (Å²) in [4.78, 5) is 10.8. The molecule has 0 unspecified atom stereocenters. The van der Waals surface area contributed by atoms with Gasteiger partial charge in [0.2, 0.25) is 5.91 Å². The van der Waals surface area contributed by atoms with E-state index >= 15 is 0 Å². The van der Waals surface area contributed by atoms with Crippen LogP contribution in [0.2, 0.25) is 0 Å². The summed E-state index contributed by atoms with van der Waals surface area (Å²) in [6.07, 6.45) is 5.12. The van der Waals surface area contributed by atoms with Crippen molar-refractivity contribution in [3.05, 3.63) is 29.3 Å². The third-order valence-electron chi connectivity index (χ3n) is 1.89. The normalized spacial score (nSPS) is 9.14. The summed E-state index contributed by atoms with van der Waals surface area (Å²) in [6, 6.07) is 5.21. The zero-order valence-electron chi connectivity index (χ0n) is 8.00. The minimum absolute atomic E-state index is 0.420. The predicted molar refractivity (Wildman–Crippen MR) is 57.0 cm³/mol. The summed E-state index contributed by atoms with van der Waals surface area (Å²) in [5.74, 6) is 2.06. The topological polar surface area (TPSA) is 55.1 Å². The number of nitrogens with one attached hydrogen (secondary N) is 1. The lowest BCUT2D eigenvalue weighted by Gasteiger charge is -2.07. The molecule has 0 saturated heterocycles. The van der Waals surface area contributed by atoms with E-state index in [1.54, 1.807) is 18.2 Å². The van der Waals surface area contributed by atoms with E-state index in [4.69, 9.17) is 12.2 Å². The van der Waals surface area contributed by atoms with Gasteiger partial charge in [-0.3, -0.25) is 4.79 Å². The first-order chi connectivity index (χ1) is 6.65. The number of hydrogen-bond acceptors (Lipinski definition) is 2. The predicted octanol–water partition coefficient (Wildman–Crippen LogP) is 1.14. The van der Waals surface area contributed by atoms with Gasteiger partial charge in [-0.05, 0) is 30.7 Å². The average Bonchev–Trinajstić information content (AvgIpc) is 2.15. The highest BCUT2D eigenvalue weighted by atomic mass is 16.1. The Kier molecular flexibility index (Phi) is 3.14. The van der Waals surface area contributed by atoms with Crippen molar-refractivity contribution in [3.8, 4) is 12.3 Å². The number of aryl methyl sites for hydroxylation is 1. The molecule has 72 valence electrons. The Hall–Kier alpha value is -1.95. The van der Waals surface area contributed by atoms with Gasteiger partial charge in [0.1, 0.15) is 0 Å². The van der Waals surface area contributed by atoms with E-state index < -0.39 is 5.91 Å². The summed E-state index contributed by atoms with van der Waals surface area (Å²) in [7, 11) is 0. The number of carbonyl (C=O) groups excluding carboxylic acids is 1. The molecule has 0 aliphatic rings. The maximum Gasteiger partial charge on any atom is 0.248 e. The van der Waals surface area contributed by atoms with Gasteiger partial charge in [0.15, 0.2) is 0 Å². The standard InChI is InChI=1S/C11H12N2O/c1-3-6-13-10-5-4-9(11(12)14)7-8(10)2/h1,4-5,7,13H,6H2,2H3,(H2,12,14). The van der Waals surface area contributed by atoms with E-state index in [1.165, 1.54) is 0 Å². The number of terminal acetylenes is 1. The van der Waals surface area contributed by atoms with Gasteiger partial charge in [0.25, 0.3) is 0 Å². The van der Waals surface area contributed by atoms with Crippen LogP contribution in [0.1, 0.15) is 15.9 Å². The third kappa shape index (κ3) is 2.27. The van der Waals surface area contributed by atoms with Crippen LogP contribution in [0.25, 0.3) is 0 Å². The first kappa shape index (κ1) is 10.1. The minimum atomic E-state index is -0.420. The lowest BCUT2D eigenvalue weighted by Crippen LogP contribution is -2.11. The maximum atomic E-state index is 10.8. The quantitative estimate of drug-likeness (QED) is 0.699. The van der Waals surface area contributed by atoms with E-state index in [2.05, 4.69) is 11.2 Å². The van der Waals surface area contributed by atoms with Crippen LogP contribution in [0.15, 0.2) is 18.2 Å². The largest absolute Gasteiger partial charge is 0.374 e. The summed E-state index contributed by atoms with van der Waals surface area (Å²) in [6.45, 7) is 2.36. The molecule has 0 aromatic heterocycles. The van der Waals surface area contributed by atoms with Gasteiger partial charge in [0, 0.05) is 11.3 Å². The highest BCUT2D eigenvalue weighted by Crippen LogP contribution is 2.15. The zero-order chi connectivity index (χ0) is 10.6. The molecule has 0 spiro atoms. The fourth-order valence-electron chi connectivity index (χ4n) is 1.16. The van der Waals surface area contributed by atoms with Gasteiger partial charge in [-0.25, -0.2) is 0 Å². The van der Waals surface area contributed by atoms with E-state index in [0.717, 1.165) is 11.3 Å². The SMILES string of the molecule is C#CCNc1ccc(C(N)=O)cc1C. The molecule has 0 atom stereocenters. The van der Waals surface area contributed by atoms with Gasteiger partial charge in [-0.2, -0.15) is 0 Å². The number of nitrogens with two attached hydrogens (primary N) is 1. The molecule has 1 amide bonds. The summed E-state index contributed by atoms with van der Waals surface area (Å²) < 4.78 is 0. The molecule has 0 radical (unpaired) electrons. The van der Waals surface area contributed by atoms with E-state index in [1.807, 2.05) is 6.92 Å². The molecule has 1 aromatic carbocycles. The molecule has 0 heterocycles. The van der Waals surface area contributed by atoms with Crippen molar-refractivity contribution in [2.45, 2.75) is 6.92 Å². The number of anilines is 1. The first-order valence-corrected chi connectivity index (χ1v) is 4.23. The first-order valence-electron chi connectivity index (χ1n) is 4.23. The van der Waals surface area contributed by atoms with Crippen LogP contribution in [0.5, 0.6) is 0 Å². The molecule has 0 aliphatic carbocycles. The Balaban J connectivity index is 2.91. The van der Waals surface area contributed by atoms with Crippen LogP contribution < -0.4 is 11.1 Å². The second kappa shape index (κ2) is 4.33. The number of primary amides is 1. The van der Waals surface area contributed by atoms with Crippen molar-refractivity contribution in [2.24, 2.45) is 5.73 Å². The van der Waals surface area contributed by atoms with Gasteiger partial charge < -0.3 is 11.1 Å². The molecule has 1 aromatic rings. The number of amides is 1. The monoisotopic (exact) mass is 188 g/mol. The fourth-order valence-corrected chi connectivity index (χ4v) is 1.16. The zero-order valence-corrected chi connectivity index (χ0v) is 8.00. The molecule has 3 nitrogen and oxygen atoms in total. The molecule has 3 heteroatoms. The number of rotatable bonds is 3. The van der Waals surface area contributed by atoms with Crippen molar-refractivity contribution >= 4 is 11.6 Å². The number of benzene rings is 1. The summed E-state index contributed by atoms with van der Waals surface area (Å²) >= 11 is 0.